The van der Waals surface area contributed by atoms with Gasteiger partial charge in [0.25, 0.3) is 0 Å². The minimum Gasteiger partial charge on any atom is -0.465 e. The van der Waals surface area contributed by atoms with Gasteiger partial charge in [-0.3, -0.25) is 0 Å². The average Bonchev–Trinajstić information content (AvgIpc) is 3.32. The molecule has 0 saturated carbocycles. The molecule has 39 heavy (non-hydrogen) atoms. The first-order valence-corrected chi connectivity index (χ1v) is 12.3. The van der Waals surface area contributed by atoms with Crippen LogP contribution in [0.25, 0.3) is 38.9 Å². The Labute approximate surface area is 230 Å². The third kappa shape index (κ3) is 5.38. The predicted octanol–water partition coefficient (Wildman–Crippen LogP) is 8.26. The van der Waals surface area contributed by atoms with Crippen LogP contribution in [0.3, 0.4) is 0 Å². The van der Waals surface area contributed by atoms with Crippen molar-refractivity contribution >= 4 is 34.0 Å². The number of carbonyl (C=O) groups is 1. The van der Waals surface area contributed by atoms with Gasteiger partial charge in [0, 0.05) is 27.1 Å². The zero-order valence-corrected chi connectivity index (χ0v) is 22.0. The number of ether oxygens (including phenoxy) is 1. The molecule has 192 valence electrons. The van der Waals surface area contributed by atoms with Gasteiger partial charge in [-0.15, -0.1) is 0 Å². The third-order valence-electron chi connectivity index (χ3n) is 6.32. The summed E-state index contributed by atoms with van der Waals surface area (Å²) in [7, 11) is 1.30. The largest absolute Gasteiger partial charge is 0.465 e. The normalized spacial score (nSPS) is 12.5. The molecule has 1 aromatic heterocycles. The van der Waals surface area contributed by atoms with Crippen molar-refractivity contribution in [1.29, 1.82) is 10.5 Å². The summed E-state index contributed by atoms with van der Waals surface area (Å²) in [4.78, 5) is 15.3. The molecule has 1 unspecified atom stereocenters. The number of rotatable bonds is 7. The molecule has 0 aliphatic carbocycles. The summed E-state index contributed by atoms with van der Waals surface area (Å²) >= 11 is 6.54. The summed E-state index contributed by atoms with van der Waals surface area (Å²) in [5.74, 6) is -1.61. The number of hydrogen-bond acceptors (Lipinski definition) is 4. The summed E-state index contributed by atoms with van der Waals surface area (Å²) in [6.45, 7) is 5.37. The lowest BCUT2D eigenvalue weighted by Gasteiger charge is -2.15. The molecule has 0 spiro atoms. The van der Waals surface area contributed by atoms with Crippen LogP contribution in [-0.2, 0) is 4.74 Å². The second kappa shape index (κ2) is 11.6. The molecule has 4 rings (SSSR count). The molecular formula is C32H23ClFN3O2. The molecule has 4 aromatic rings. The van der Waals surface area contributed by atoms with Crippen LogP contribution in [0.4, 0.5) is 4.39 Å². The molecule has 0 aliphatic rings. The smallest absolute Gasteiger partial charge is 0.337 e. The highest BCUT2D eigenvalue weighted by Gasteiger charge is 2.24. The van der Waals surface area contributed by atoms with E-state index in [0.717, 1.165) is 11.1 Å². The topological polar surface area (TPSA) is 89.7 Å². The molecule has 1 heterocycles. The average molecular weight is 536 g/mol. The first kappa shape index (κ1) is 27.1. The van der Waals surface area contributed by atoms with Gasteiger partial charge in [-0.1, -0.05) is 54.6 Å². The van der Waals surface area contributed by atoms with Crippen LogP contribution in [0, 0.1) is 34.4 Å². The van der Waals surface area contributed by atoms with Crippen molar-refractivity contribution < 1.29 is 13.9 Å². The number of nitrogens with one attached hydrogen (secondary N) is 1. The number of halogens is 2. The van der Waals surface area contributed by atoms with E-state index in [2.05, 4.69) is 23.7 Å². The van der Waals surface area contributed by atoms with Crippen molar-refractivity contribution in [3.05, 3.63) is 113 Å². The van der Waals surface area contributed by atoms with Gasteiger partial charge in [-0.2, -0.15) is 10.5 Å². The van der Waals surface area contributed by atoms with Crippen molar-refractivity contribution in [3.8, 4) is 34.5 Å². The Morgan fingerprint density at radius 3 is 2.56 bits per heavy atom. The fourth-order valence-electron chi connectivity index (χ4n) is 4.50. The van der Waals surface area contributed by atoms with Crippen molar-refractivity contribution in [3.63, 3.8) is 0 Å². The van der Waals surface area contributed by atoms with Crippen molar-refractivity contribution in [1.82, 2.24) is 4.98 Å². The number of aromatic amines is 1. The highest BCUT2D eigenvalue weighted by Crippen LogP contribution is 2.41. The number of H-pyrrole nitrogens is 1. The molecule has 1 atom stereocenters. The van der Waals surface area contributed by atoms with Crippen molar-refractivity contribution in [2.75, 3.05) is 7.11 Å². The number of methoxy groups -OCH3 is 1. The molecular weight excluding hydrogens is 513 g/mol. The minimum atomic E-state index is -0.682. The molecule has 3 aromatic carbocycles. The quantitative estimate of drug-likeness (QED) is 0.146. The Hall–Kier alpha value is -4.91. The van der Waals surface area contributed by atoms with Crippen LogP contribution in [0.5, 0.6) is 0 Å². The molecule has 0 radical (unpaired) electrons. The molecule has 0 aliphatic heterocycles. The van der Waals surface area contributed by atoms with E-state index in [-0.39, 0.29) is 5.57 Å². The Balaban J connectivity index is 2.00. The number of nitriles is 2. The van der Waals surface area contributed by atoms with E-state index in [1.165, 1.54) is 19.2 Å². The lowest BCUT2D eigenvalue weighted by molar-refractivity contribution is 0.0600. The molecule has 0 bridgehead atoms. The van der Waals surface area contributed by atoms with Crippen molar-refractivity contribution in [2.24, 2.45) is 5.92 Å². The molecule has 0 saturated heterocycles. The molecule has 7 heteroatoms. The standard InChI is InChI=1S/C32H23ClFN3O2/c1-4-5-7-23(18-36)29(19(2)17-35)30-26-16-24(34)11-13-28(26)37-31(30)21-9-6-8-20(14-21)25-12-10-22(15-27(25)33)32(38)39-3/h4-16,19,37H,1H2,2-3H3/b7-5-,29-23-. The highest BCUT2D eigenvalue weighted by atomic mass is 35.5. The van der Waals surface area contributed by atoms with E-state index < -0.39 is 17.7 Å². The molecule has 0 fully saturated rings. The van der Waals surface area contributed by atoms with Gasteiger partial charge in [0.2, 0.25) is 0 Å². The van der Waals surface area contributed by atoms with Crippen LogP contribution < -0.4 is 0 Å². The number of carbonyl (C=O) groups excluding carboxylic acids is 1. The number of hydrogen-bond donors (Lipinski definition) is 1. The fourth-order valence-corrected chi connectivity index (χ4v) is 4.79. The summed E-state index contributed by atoms with van der Waals surface area (Å²) in [6, 6.07) is 21.3. The van der Waals surface area contributed by atoms with Crippen LogP contribution in [0.15, 0.2) is 91.0 Å². The third-order valence-corrected chi connectivity index (χ3v) is 6.63. The fraction of sp³-hybridized carbons (Fsp3) is 0.0938. The number of fused-ring (bicyclic) bond motifs is 1. The lowest BCUT2D eigenvalue weighted by Crippen LogP contribution is -2.01. The maximum atomic E-state index is 14.5. The summed E-state index contributed by atoms with van der Waals surface area (Å²) in [5, 5.41) is 20.8. The zero-order chi connectivity index (χ0) is 28.1. The summed E-state index contributed by atoms with van der Waals surface area (Å²) in [6.07, 6.45) is 4.76. The van der Waals surface area contributed by atoms with Crippen LogP contribution >= 0.6 is 11.6 Å². The van der Waals surface area contributed by atoms with Gasteiger partial charge >= 0.3 is 5.97 Å². The Morgan fingerprint density at radius 2 is 1.90 bits per heavy atom. The van der Waals surface area contributed by atoms with Gasteiger partial charge in [0.1, 0.15) is 5.82 Å². The van der Waals surface area contributed by atoms with Gasteiger partial charge < -0.3 is 9.72 Å². The second-order valence-electron chi connectivity index (χ2n) is 8.72. The second-order valence-corrected chi connectivity index (χ2v) is 9.12. The first-order chi connectivity index (χ1) is 18.8. The predicted molar refractivity (Wildman–Crippen MR) is 152 cm³/mol. The Bertz CT molecular complexity index is 1750. The Morgan fingerprint density at radius 1 is 1.13 bits per heavy atom. The van der Waals surface area contributed by atoms with Crippen molar-refractivity contribution in [2.45, 2.75) is 6.92 Å². The molecule has 0 amide bonds. The van der Waals surface area contributed by atoms with Crippen LogP contribution in [0.2, 0.25) is 5.02 Å². The number of nitrogens with zero attached hydrogens (tertiary/aromatic N) is 2. The number of esters is 1. The highest BCUT2D eigenvalue weighted by molar-refractivity contribution is 6.33. The van der Waals surface area contributed by atoms with E-state index in [9.17, 15) is 19.7 Å². The van der Waals surface area contributed by atoms with Gasteiger partial charge in [-0.05, 0) is 66.1 Å². The van der Waals surface area contributed by atoms with Gasteiger partial charge in [0.05, 0.1) is 42.0 Å². The van der Waals surface area contributed by atoms with E-state index in [1.807, 2.05) is 24.3 Å². The number of aromatic nitrogens is 1. The number of benzene rings is 3. The summed E-state index contributed by atoms with van der Waals surface area (Å²) in [5.41, 5.74) is 5.12. The summed E-state index contributed by atoms with van der Waals surface area (Å²) < 4.78 is 19.2. The van der Waals surface area contributed by atoms with Gasteiger partial charge in [0.15, 0.2) is 0 Å². The number of allylic oxidation sites excluding steroid dienone is 5. The molecule has 1 N–H and O–H groups in total. The molecule has 5 nitrogen and oxygen atoms in total. The van der Waals surface area contributed by atoms with E-state index in [0.29, 0.717) is 43.9 Å². The van der Waals surface area contributed by atoms with E-state index in [4.69, 9.17) is 16.3 Å². The van der Waals surface area contributed by atoms with Crippen LogP contribution in [0.1, 0.15) is 22.8 Å². The SMILES string of the molecule is C=C/C=C\C(C#N)=C(\c1c(-c2cccc(-c3ccc(C(=O)OC)cc3Cl)c2)[nH]c2ccc(F)cc12)C(C)C#N. The maximum absolute atomic E-state index is 14.5. The zero-order valence-electron chi connectivity index (χ0n) is 21.3. The van der Waals surface area contributed by atoms with E-state index in [1.54, 1.807) is 49.4 Å². The van der Waals surface area contributed by atoms with E-state index >= 15 is 0 Å². The monoisotopic (exact) mass is 535 g/mol. The first-order valence-electron chi connectivity index (χ1n) is 12.0. The minimum absolute atomic E-state index is 0.271. The Kier molecular flexibility index (Phi) is 8.10. The van der Waals surface area contributed by atoms with Gasteiger partial charge in [-0.25, -0.2) is 9.18 Å². The lowest BCUT2D eigenvalue weighted by atomic mass is 9.86. The maximum Gasteiger partial charge on any atom is 0.337 e. The van der Waals surface area contributed by atoms with Crippen LogP contribution in [-0.4, -0.2) is 18.1 Å².